The summed E-state index contributed by atoms with van der Waals surface area (Å²) in [7, 11) is -5.94. The molecule has 0 saturated carbocycles. The van der Waals surface area contributed by atoms with Crippen molar-refractivity contribution in [1.29, 1.82) is 0 Å². The van der Waals surface area contributed by atoms with Crippen LogP contribution in [0.1, 0.15) is 15.9 Å². The topological polar surface area (TPSA) is 166 Å². The van der Waals surface area contributed by atoms with Gasteiger partial charge in [0.1, 0.15) is 0 Å². The van der Waals surface area contributed by atoms with Crippen molar-refractivity contribution in [2.45, 2.75) is 17.4 Å². The molecule has 12 heteroatoms. The lowest BCUT2D eigenvalue weighted by Gasteiger charge is -2.18. The highest BCUT2D eigenvalue weighted by atomic mass is 32.2. The molecule has 1 atom stereocenters. The molecule has 0 saturated heterocycles. The van der Waals surface area contributed by atoms with Crippen LogP contribution >= 0.6 is 0 Å². The van der Waals surface area contributed by atoms with Crippen molar-refractivity contribution in [3.05, 3.63) is 59.8 Å². The van der Waals surface area contributed by atoms with Crippen molar-refractivity contribution in [1.82, 2.24) is 15.0 Å². The van der Waals surface area contributed by atoms with Gasteiger partial charge in [-0.15, -0.1) is 0 Å². The van der Waals surface area contributed by atoms with Crippen LogP contribution in [0.5, 0.6) is 0 Å². The predicted molar refractivity (Wildman–Crippen MR) is 98.7 cm³/mol. The summed E-state index contributed by atoms with van der Waals surface area (Å²) in [5, 5.41) is 30.0. The third-order valence-corrected chi connectivity index (χ3v) is 4.99. The Morgan fingerprint density at radius 2 is 1.89 bits per heavy atom. The molecule has 1 unspecified atom stereocenters. The van der Waals surface area contributed by atoms with Gasteiger partial charge >= 0.3 is 13.1 Å². The molecule has 28 heavy (non-hydrogen) atoms. The van der Waals surface area contributed by atoms with Gasteiger partial charge in [0.15, 0.2) is 5.03 Å². The molecule has 1 aromatic heterocycles. The fourth-order valence-electron chi connectivity index (χ4n) is 2.31. The number of sulfonamides is 1. The van der Waals surface area contributed by atoms with Crippen LogP contribution in [0.3, 0.4) is 0 Å². The van der Waals surface area contributed by atoms with E-state index in [0.717, 1.165) is 0 Å². The predicted octanol–water partition coefficient (Wildman–Crippen LogP) is -1.20. The Kier molecular flexibility index (Phi) is 7.23. The van der Waals surface area contributed by atoms with Crippen LogP contribution in [-0.4, -0.2) is 60.0 Å². The molecule has 0 aliphatic carbocycles. The van der Waals surface area contributed by atoms with Gasteiger partial charge in [0.25, 0.3) is 10.0 Å². The number of aromatic carboxylic acids is 1. The van der Waals surface area contributed by atoms with Crippen LogP contribution in [0.25, 0.3) is 0 Å². The van der Waals surface area contributed by atoms with Crippen molar-refractivity contribution < 1.29 is 33.2 Å². The molecule has 0 radical (unpaired) electrons. The van der Waals surface area contributed by atoms with Gasteiger partial charge < -0.3 is 20.5 Å². The van der Waals surface area contributed by atoms with Gasteiger partial charge in [-0.2, -0.15) is 0 Å². The Morgan fingerprint density at radius 1 is 1.14 bits per heavy atom. The largest absolute Gasteiger partial charge is 0.478 e. The maximum absolute atomic E-state index is 12.0. The standard InChI is InChI=1S/C16H18BN3O7S/c21-14(10-19-28(26,27)15-6-1-2-7-18-15)20-13(17(24)25)9-11-4-3-5-12(8-11)16(22)23/h1-8,13,19,24-25H,9-10H2,(H,20,21)(H,22,23). The lowest BCUT2D eigenvalue weighted by molar-refractivity contribution is -0.120. The summed E-state index contributed by atoms with van der Waals surface area (Å²) < 4.78 is 26.1. The minimum absolute atomic E-state index is 0.0122. The van der Waals surface area contributed by atoms with Gasteiger partial charge in [0.2, 0.25) is 5.91 Å². The highest BCUT2D eigenvalue weighted by Crippen LogP contribution is 2.09. The summed E-state index contributed by atoms with van der Waals surface area (Å²) in [5.74, 6) is -3.11. The molecular weight excluding hydrogens is 389 g/mol. The van der Waals surface area contributed by atoms with E-state index in [2.05, 4.69) is 15.0 Å². The molecular formula is C16H18BN3O7S. The number of pyridine rings is 1. The molecule has 0 spiro atoms. The monoisotopic (exact) mass is 407 g/mol. The van der Waals surface area contributed by atoms with E-state index in [9.17, 15) is 28.1 Å². The number of carbonyl (C=O) groups is 2. The SMILES string of the molecule is O=C(CNS(=O)(=O)c1ccccn1)NC(Cc1cccc(C(=O)O)c1)B(O)O. The van der Waals surface area contributed by atoms with E-state index < -0.39 is 41.5 Å². The van der Waals surface area contributed by atoms with E-state index in [0.29, 0.717) is 5.56 Å². The first-order chi connectivity index (χ1) is 13.2. The summed E-state index contributed by atoms with van der Waals surface area (Å²) in [6.45, 7) is -0.642. The van der Waals surface area contributed by atoms with Crippen LogP contribution < -0.4 is 10.0 Å². The number of carboxylic acids is 1. The molecule has 5 N–H and O–H groups in total. The van der Waals surface area contributed by atoms with E-state index in [-0.39, 0.29) is 17.0 Å². The van der Waals surface area contributed by atoms with E-state index >= 15 is 0 Å². The van der Waals surface area contributed by atoms with E-state index in [4.69, 9.17) is 5.11 Å². The summed E-state index contributed by atoms with van der Waals surface area (Å²) >= 11 is 0. The first kappa shape index (κ1) is 21.5. The smallest absolute Gasteiger partial charge is 0.475 e. The minimum Gasteiger partial charge on any atom is -0.478 e. The molecule has 0 aliphatic rings. The molecule has 148 valence electrons. The van der Waals surface area contributed by atoms with Crippen molar-refractivity contribution in [3.63, 3.8) is 0 Å². The Balaban J connectivity index is 1.99. The van der Waals surface area contributed by atoms with Crippen molar-refractivity contribution in [2.75, 3.05) is 6.54 Å². The molecule has 0 fully saturated rings. The molecule has 1 heterocycles. The van der Waals surface area contributed by atoms with Gasteiger partial charge in [0.05, 0.1) is 18.0 Å². The number of hydrogen-bond donors (Lipinski definition) is 5. The normalized spacial score (nSPS) is 12.2. The summed E-state index contributed by atoms with van der Waals surface area (Å²) in [6.07, 6.45) is 1.22. The van der Waals surface area contributed by atoms with E-state index in [1.54, 1.807) is 6.07 Å². The lowest BCUT2D eigenvalue weighted by atomic mass is 9.76. The molecule has 2 aromatic rings. The number of hydrogen-bond acceptors (Lipinski definition) is 7. The summed E-state index contributed by atoms with van der Waals surface area (Å²) in [4.78, 5) is 26.7. The van der Waals surface area contributed by atoms with Crippen LogP contribution in [0.2, 0.25) is 0 Å². The molecule has 10 nitrogen and oxygen atoms in total. The molecule has 1 amide bonds. The van der Waals surface area contributed by atoms with Gasteiger partial charge in [-0.3, -0.25) is 4.79 Å². The van der Waals surface area contributed by atoms with Crippen LogP contribution in [-0.2, 0) is 21.2 Å². The zero-order chi connectivity index (χ0) is 20.7. The Labute approximate surface area is 161 Å². The number of carbonyl (C=O) groups excluding carboxylic acids is 1. The van der Waals surface area contributed by atoms with Crippen molar-refractivity contribution in [3.8, 4) is 0 Å². The van der Waals surface area contributed by atoms with Crippen LogP contribution in [0, 0.1) is 0 Å². The first-order valence-electron chi connectivity index (χ1n) is 8.07. The summed E-state index contributed by atoms with van der Waals surface area (Å²) in [6, 6.07) is 10.0. The van der Waals surface area contributed by atoms with Crippen LogP contribution in [0.15, 0.2) is 53.7 Å². The fraction of sp³-hybridized carbons (Fsp3) is 0.188. The third-order valence-electron chi connectivity index (χ3n) is 3.67. The Hall–Kier alpha value is -2.80. The summed E-state index contributed by atoms with van der Waals surface area (Å²) in [5.41, 5.74) is 0.463. The molecule has 1 aromatic carbocycles. The van der Waals surface area contributed by atoms with Crippen molar-refractivity contribution >= 4 is 29.0 Å². The highest BCUT2D eigenvalue weighted by Gasteiger charge is 2.26. The number of nitrogens with zero attached hydrogens (tertiary/aromatic N) is 1. The van der Waals surface area contributed by atoms with E-state index in [1.165, 1.54) is 42.6 Å². The number of amides is 1. The van der Waals surface area contributed by atoms with E-state index in [1.807, 2.05) is 0 Å². The van der Waals surface area contributed by atoms with Gasteiger partial charge in [-0.1, -0.05) is 18.2 Å². The Morgan fingerprint density at radius 3 is 2.50 bits per heavy atom. The second kappa shape index (κ2) is 9.42. The Bertz CT molecular complexity index is 938. The number of aromatic nitrogens is 1. The zero-order valence-corrected chi connectivity index (χ0v) is 15.3. The third kappa shape index (κ3) is 6.13. The molecule has 2 rings (SSSR count). The quantitative estimate of drug-likeness (QED) is 0.323. The lowest BCUT2D eigenvalue weighted by Crippen LogP contribution is -2.50. The van der Waals surface area contributed by atoms with Gasteiger partial charge in [-0.05, 0) is 36.2 Å². The first-order valence-corrected chi connectivity index (χ1v) is 9.56. The average molecular weight is 407 g/mol. The second-order valence-corrected chi connectivity index (χ2v) is 7.50. The second-order valence-electron chi connectivity index (χ2n) is 5.79. The highest BCUT2D eigenvalue weighted by molar-refractivity contribution is 7.89. The average Bonchev–Trinajstić information content (AvgIpc) is 2.67. The number of rotatable bonds is 9. The molecule has 0 aliphatic heterocycles. The number of nitrogens with one attached hydrogen (secondary N) is 2. The minimum atomic E-state index is -4.00. The zero-order valence-electron chi connectivity index (χ0n) is 14.5. The fourth-order valence-corrected chi connectivity index (χ4v) is 3.24. The van der Waals surface area contributed by atoms with Gasteiger partial charge in [-0.25, -0.2) is 22.9 Å². The maximum atomic E-state index is 12.0. The van der Waals surface area contributed by atoms with Crippen LogP contribution in [0.4, 0.5) is 0 Å². The number of benzene rings is 1. The number of carboxylic acid groups (broad SMARTS) is 1. The maximum Gasteiger partial charge on any atom is 0.475 e. The van der Waals surface area contributed by atoms with Gasteiger partial charge in [0, 0.05) is 6.20 Å². The van der Waals surface area contributed by atoms with Crippen molar-refractivity contribution in [2.24, 2.45) is 0 Å². The molecule has 0 bridgehead atoms.